The zero-order valence-electron chi connectivity index (χ0n) is 17.1. The summed E-state index contributed by atoms with van der Waals surface area (Å²) in [5.74, 6) is 0.572. The molecule has 1 fully saturated rings. The van der Waals surface area contributed by atoms with E-state index in [-0.39, 0.29) is 17.4 Å². The van der Waals surface area contributed by atoms with Crippen molar-refractivity contribution in [3.8, 4) is 0 Å². The van der Waals surface area contributed by atoms with E-state index in [9.17, 15) is 9.59 Å². The number of nitrogens with zero attached hydrogens (tertiary/aromatic N) is 2. The van der Waals surface area contributed by atoms with Crippen molar-refractivity contribution in [1.29, 1.82) is 0 Å². The number of hydrogen-bond donors (Lipinski definition) is 0. The molecule has 0 unspecified atom stereocenters. The second kappa shape index (κ2) is 8.20. The van der Waals surface area contributed by atoms with E-state index in [0.29, 0.717) is 36.1 Å². The summed E-state index contributed by atoms with van der Waals surface area (Å²) in [5.41, 5.74) is 3.48. The third kappa shape index (κ3) is 3.96. The van der Waals surface area contributed by atoms with Crippen LogP contribution in [0.5, 0.6) is 0 Å². The maximum Gasteiger partial charge on any atom is 0.258 e. The molecule has 0 N–H and O–H groups in total. The molecule has 2 bridgehead atoms. The van der Waals surface area contributed by atoms with Crippen molar-refractivity contribution in [2.75, 3.05) is 13.1 Å². The minimum atomic E-state index is 0.0419. The summed E-state index contributed by atoms with van der Waals surface area (Å²) in [5, 5.41) is 0.692. The van der Waals surface area contributed by atoms with E-state index in [1.54, 1.807) is 0 Å². The molecule has 31 heavy (non-hydrogen) atoms. The van der Waals surface area contributed by atoms with Crippen molar-refractivity contribution in [3.63, 3.8) is 0 Å². The van der Waals surface area contributed by atoms with E-state index in [1.165, 1.54) is 0 Å². The third-order valence-electron chi connectivity index (χ3n) is 6.27. The van der Waals surface area contributed by atoms with Crippen LogP contribution in [0.2, 0.25) is 5.02 Å². The molecule has 1 amide bonds. The lowest BCUT2D eigenvalue weighted by atomic mass is 9.82. The van der Waals surface area contributed by atoms with Gasteiger partial charge in [0.25, 0.3) is 11.5 Å². The third-order valence-corrected chi connectivity index (χ3v) is 6.52. The van der Waals surface area contributed by atoms with Crippen molar-refractivity contribution in [3.05, 3.63) is 104 Å². The maximum absolute atomic E-state index is 13.2. The lowest BCUT2D eigenvalue weighted by Gasteiger charge is -2.43. The summed E-state index contributed by atoms with van der Waals surface area (Å²) in [6.07, 6.45) is 4.83. The number of likely N-dealkylation sites (tertiary alicyclic amines) is 1. The second-order valence-electron chi connectivity index (χ2n) is 8.39. The molecule has 0 saturated carbocycles. The van der Waals surface area contributed by atoms with E-state index in [4.69, 9.17) is 11.6 Å². The molecule has 156 valence electrons. The lowest BCUT2D eigenvalue weighted by molar-refractivity contribution is 0.0594. The molecule has 0 aliphatic carbocycles. The average molecular weight is 431 g/mol. The first kappa shape index (κ1) is 19.8. The van der Waals surface area contributed by atoms with Gasteiger partial charge in [0.15, 0.2) is 0 Å². The van der Waals surface area contributed by atoms with Gasteiger partial charge in [-0.2, -0.15) is 0 Å². The standard InChI is InChI=1S/C26H23ClN2O2/c27-23-11-7-18(8-12-23)6-9-21-10-13-24-22-14-19(16-29(24)26(21)31)15-28(17-22)25(30)20-4-2-1-3-5-20/h1-13,19,22H,14-17H2/t19-,22-/m1/s1. The van der Waals surface area contributed by atoms with E-state index in [1.807, 2.05) is 82.3 Å². The van der Waals surface area contributed by atoms with Gasteiger partial charge in [0.2, 0.25) is 0 Å². The SMILES string of the molecule is O=C(c1ccccc1)N1C[C@H]2C[C@H](C1)c1ccc(C=Cc3ccc(Cl)cc3)c(=O)n1C2. The van der Waals surface area contributed by atoms with Crippen LogP contribution in [0.4, 0.5) is 0 Å². The molecule has 2 aliphatic heterocycles. The Balaban J connectivity index is 1.39. The molecular weight excluding hydrogens is 408 g/mol. The Morgan fingerprint density at radius 2 is 1.68 bits per heavy atom. The van der Waals surface area contributed by atoms with Gasteiger partial charge < -0.3 is 9.47 Å². The predicted molar refractivity (Wildman–Crippen MR) is 124 cm³/mol. The molecule has 0 radical (unpaired) electrons. The molecule has 3 heterocycles. The highest BCUT2D eigenvalue weighted by molar-refractivity contribution is 6.30. The summed E-state index contributed by atoms with van der Waals surface area (Å²) >= 11 is 5.94. The van der Waals surface area contributed by atoms with Gasteiger partial charge in [-0.3, -0.25) is 9.59 Å². The quantitative estimate of drug-likeness (QED) is 0.591. The Morgan fingerprint density at radius 3 is 2.45 bits per heavy atom. The van der Waals surface area contributed by atoms with Crippen LogP contribution in [0.25, 0.3) is 12.2 Å². The predicted octanol–water partition coefficient (Wildman–Crippen LogP) is 4.93. The van der Waals surface area contributed by atoms with Crippen molar-refractivity contribution < 1.29 is 4.79 Å². The van der Waals surface area contributed by atoms with Gasteiger partial charge in [-0.1, -0.05) is 48.0 Å². The van der Waals surface area contributed by atoms with E-state index < -0.39 is 0 Å². The first-order chi connectivity index (χ1) is 15.1. The highest BCUT2D eigenvalue weighted by Crippen LogP contribution is 2.35. The fraction of sp³-hybridized carbons (Fsp3) is 0.231. The topological polar surface area (TPSA) is 42.3 Å². The van der Waals surface area contributed by atoms with Crippen LogP contribution in [0, 0.1) is 5.92 Å². The minimum Gasteiger partial charge on any atom is -0.338 e. The number of halogens is 1. The molecule has 5 rings (SSSR count). The van der Waals surface area contributed by atoms with Crippen molar-refractivity contribution >= 4 is 29.7 Å². The molecule has 1 saturated heterocycles. The van der Waals surface area contributed by atoms with Gasteiger partial charge in [-0.05, 0) is 60.4 Å². The number of fused-ring (bicyclic) bond motifs is 4. The van der Waals surface area contributed by atoms with Gasteiger partial charge in [0.05, 0.1) is 0 Å². The minimum absolute atomic E-state index is 0.0419. The number of hydrogen-bond acceptors (Lipinski definition) is 2. The second-order valence-corrected chi connectivity index (χ2v) is 8.83. The Kier molecular flexibility index (Phi) is 5.24. The highest BCUT2D eigenvalue weighted by Gasteiger charge is 2.36. The molecule has 0 spiro atoms. The van der Waals surface area contributed by atoms with Crippen LogP contribution in [-0.4, -0.2) is 28.5 Å². The summed E-state index contributed by atoms with van der Waals surface area (Å²) in [7, 11) is 0. The van der Waals surface area contributed by atoms with Crippen molar-refractivity contribution in [2.24, 2.45) is 5.92 Å². The zero-order chi connectivity index (χ0) is 21.4. The Morgan fingerprint density at radius 1 is 0.903 bits per heavy atom. The number of aromatic nitrogens is 1. The Bertz CT molecular complexity index is 1200. The Labute approximate surface area is 186 Å². The summed E-state index contributed by atoms with van der Waals surface area (Å²) in [4.78, 5) is 28.1. The van der Waals surface area contributed by atoms with Crippen LogP contribution in [0.15, 0.2) is 71.5 Å². The van der Waals surface area contributed by atoms with Crippen molar-refractivity contribution in [1.82, 2.24) is 9.47 Å². The molecule has 3 aromatic rings. The van der Waals surface area contributed by atoms with E-state index in [2.05, 4.69) is 6.07 Å². The summed E-state index contributed by atoms with van der Waals surface area (Å²) in [6, 6.07) is 20.9. The zero-order valence-corrected chi connectivity index (χ0v) is 17.8. The molecule has 2 atom stereocenters. The summed E-state index contributed by atoms with van der Waals surface area (Å²) < 4.78 is 1.92. The van der Waals surface area contributed by atoms with Gasteiger partial charge in [-0.25, -0.2) is 0 Å². The number of carbonyl (C=O) groups is 1. The highest BCUT2D eigenvalue weighted by atomic mass is 35.5. The van der Waals surface area contributed by atoms with Crippen LogP contribution in [-0.2, 0) is 6.54 Å². The number of rotatable bonds is 3. The molecule has 1 aromatic heterocycles. The van der Waals surface area contributed by atoms with Crippen LogP contribution >= 0.6 is 11.6 Å². The number of carbonyl (C=O) groups excluding carboxylic acids is 1. The van der Waals surface area contributed by atoms with Gasteiger partial charge in [0.1, 0.15) is 0 Å². The molecule has 2 aliphatic rings. The first-order valence-electron chi connectivity index (χ1n) is 10.6. The Hall–Kier alpha value is -3.11. The van der Waals surface area contributed by atoms with E-state index in [0.717, 1.165) is 23.2 Å². The smallest absolute Gasteiger partial charge is 0.258 e. The number of benzene rings is 2. The first-order valence-corrected chi connectivity index (χ1v) is 11.0. The molecule has 4 nitrogen and oxygen atoms in total. The monoisotopic (exact) mass is 430 g/mol. The molecular formula is C26H23ClN2O2. The number of amides is 1. The lowest BCUT2D eigenvalue weighted by Crippen LogP contribution is -2.49. The largest absolute Gasteiger partial charge is 0.338 e. The van der Waals surface area contributed by atoms with Gasteiger partial charge in [-0.15, -0.1) is 0 Å². The molecule has 2 aromatic carbocycles. The van der Waals surface area contributed by atoms with Gasteiger partial charge in [0, 0.05) is 47.4 Å². The number of pyridine rings is 1. The molecule has 5 heteroatoms. The normalized spacial score (nSPS) is 20.0. The van der Waals surface area contributed by atoms with Crippen LogP contribution in [0.1, 0.15) is 39.5 Å². The fourth-order valence-electron chi connectivity index (χ4n) is 4.78. The maximum atomic E-state index is 13.2. The van der Waals surface area contributed by atoms with E-state index >= 15 is 0 Å². The number of piperidine rings is 1. The summed E-state index contributed by atoms with van der Waals surface area (Å²) in [6.45, 7) is 2.01. The van der Waals surface area contributed by atoms with Crippen LogP contribution in [0.3, 0.4) is 0 Å². The fourth-order valence-corrected chi connectivity index (χ4v) is 4.90. The average Bonchev–Trinajstić information content (AvgIpc) is 2.80. The van der Waals surface area contributed by atoms with Crippen LogP contribution < -0.4 is 5.56 Å². The van der Waals surface area contributed by atoms with Crippen molar-refractivity contribution in [2.45, 2.75) is 18.9 Å². The van der Waals surface area contributed by atoms with Gasteiger partial charge >= 0.3 is 0 Å².